The Morgan fingerprint density at radius 3 is 3.04 bits per heavy atom. The molecule has 8 heteroatoms. The number of carboxylic acid groups (broad SMARTS) is 1. The molecule has 2 aromatic rings. The van der Waals surface area contributed by atoms with Gasteiger partial charge in [-0.3, -0.25) is 9.69 Å². The maximum absolute atomic E-state index is 11.2. The summed E-state index contributed by atoms with van der Waals surface area (Å²) in [6.07, 6.45) is 0. The van der Waals surface area contributed by atoms with Gasteiger partial charge in [-0.15, -0.1) is 10.2 Å². The molecule has 0 atom stereocenters. The number of ether oxygens (including phenoxy) is 1. The van der Waals surface area contributed by atoms with E-state index in [9.17, 15) is 4.79 Å². The molecule has 0 saturated carbocycles. The zero-order valence-corrected chi connectivity index (χ0v) is 14.1. The van der Waals surface area contributed by atoms with Crippen molar-refractivity contribution in [1.82, 2.24) is 19.7 Å². The summed E-state index contributed by atoms with van der Waals surface area (Å²) in [6.45, 7) is 2.71. The van der Waals surface area contributed by atoms with Gasteiger partial charge in [-0.2, -0.15) is 0 Å². The number of aromatic nitrogens is 3. The molecule has 1 aromatic carbocycles. The fraction of sp³-hybridized carbons (Fsp3) is 0.400. The number of nitrogens with zero attached hydrogens (tertiary/aromatic N) is 4. The first-order valence-corrected chi connectivity index (χ1v) is 8.08. The van der Waals surface area contributed by atoms with E-state index >= 15 is 0 Å². The van der Waals surface area contributed by atoms with E-state index in [0.29, 0.717) is 32.8 Å². The molecule has 0 fully saturated rings. The van der Waals surface area contributed by atoms with E-state index in [4.69, 9.17) is 9.84 Å². The number of carboxylic acids is 1. The third-order valence-electron chi connectivity index (χ3n) is 3.61. The standard InChI is InChI=1S/C15H17BrN4O3/c16-12-3-1-2-11(6-12)7-19(9-15(21)22)8-13-17-18-14-10-23-5-4-20(13)14/h1-3,6H,4-5,7-10H2,(H,21,22). The van der Waals surface area contributed by atoms with Crippen molar-refractivity contribution >= 4 is 21.9 Å². The van der Waals surface area contributed by atoms with Gasteiger partial charge < -0.3 is 14.4 Å². The van der Waals surface area contributed by atoms with Crippen LogP contribution >= 0.6 is 15.9 Å². The van der Waals surface area contributed by atoms with Gasteiger partial charge in [0, 0.05) is 17.6 Å². The summed E-state index contributed by atoms with van der Waals surface area (Å²) in [5.74, 6) is 0.713. The first-order valence-electron chi connectivity index (χ1n) is 7.29. The summed E-state index contributed by atoms with van der Waals surface area (Å²) in [5.41, 5.74) is 1.04. The number of hydrogen-bond donors (Lipinski definition) is 1. The van der Waals surface area contributed by atoms with Crippen LogP contribution in [0.3, 0.4) is 0 Å². The van der Waals surface area contributed by atoms with Crippen LogP contribution in [0.2, 0.25) is 0 Å². The number of hydrogen-bond acceptors (Lipinski definition) is 5. The number of benzene rings is 1. The van der Waals surface area contributed by atoms with Crippen LogP contribution in [0.5, 0.6) is 0 Å². The minimum Gasteiger partial charge on any atom is -0.480 e. The lowest BCUT2D eigenvalue weighted by Gasteiger charge is -2.22. The predicted octanol–water partition coefficient (Wildman–Crippen LogP) is 1.66. The average molecular weight is 381 g/mol. The zero-order valence-electron chi connectivity index (χ0n) is 12.5. The molecule has 7 nitrogen and oxygen atoms in total. The van der Waals surface area contributed by atoms with E-state index in [1.165, 1.54) is 0 Å². The molecule has 1 N–H and O–H groups in total. The first kappa shape index (κ1) is 16.1. The molecule has 0 radical (unpaired) electrons. The van der Waals surface area contributed by atoms with E-state index in [-0.39, 0.29) is 6.54 Å². The second kappa shape index (κ2) is 7.20. The lowest BCUT2D eigenvalue weighted by molar-refractivity contribution is -0.138. The molecule has 0 aliphatic carbocycles. The van der Waals surface area contributed by atoms with Gasteiger partial charge in [-0.25, -0.2) is 0 Å². The highest BCUT2D eigenvalue weighted by Gasteiger charge is 2.19. The van der Waals surface area contributed by atoms with Crippen LogP contribution in [0.1, 0.15) is 17.2 Å². The second-order valence-corrected chi connectivity index (χ2v) is 6.32. The van der Waals surface area contributed by atoms with E-state index in [0.717, 1.165) is 21.7 Å². The number of halogens is 1. The summed E-state index contributed by atoms with van der Waals surface area (Å²) in [4.78, 5) is 13.0. The smallest absolute Gasteiger partial charge is 0.317 e. The summed E-state index contributed by atoms with van der Waals surface area (Å²) < 4.78 is 8.34. The van der Waals surface area contributed by atoms with Gasteiger partial charge in [-0.05, 0) is 17.7 Å². The monoisotopic (exact) mass is 380 g/mol. The minimum absolute atomic E-state index is 0.0504. The Morgan fingerprint density at radius 1 is 1.39 bits per heavy atom. The molecule has 1 aromatic heterocycles. The van der Waals surface area contributed by atoms with Crippen molar-refractivity contribution in [3.8, 4) is 0 Å². The van der Waals surface area contributed by atoms with Crippen molar-refractivity contribution < 1.29 is 14.6 Å². The van der Waals surface area contributed by atoms with Crippen molar-refractivity contribution in [2.24, 2.45) is 0 Å². The third kappa shape index (κ3) is 4.15. The van der Waals surface area contributed by atoms with Gasteiger partial charge in [0.05, 0.1) is 19.7 Å². The molecule has 1 aliphatic rings. The third-order valence-corrected chi connectivity index (χ3v) is 4.11. The van der Waals surface area contributed by atoms with Crippen LogP contribution in [-0.2, 0) is 35.8 Å². The van der Waals surface area contributed by atoms with Gasteiger partial charge in [0.2, 0.25) is 0 Å². The van der Waals surface area contributed by atoms with Crippen LogP contribution in [0.25, 0.3) is 0 Å². The molecule has 122 valence electrons. The quantitative estimate of drug-likeness (QED) is 0.820. The molecule has 0 unspecified atom stereocenters. The SMILES string of the molecule is O=C(O)CN(Cc1cccc(Br)c1)Cc1nnc2n1CCOC2. The number of fused-ring (bicyclic) bond motifs is 1. The molecule has 3 rings (SSSR count). The fourth-order valence-corrected chi connectivity index (χ4v) is 3.07. The Morgan fingerprint density at radius 2 is 2.26 bits per heavy atom. The number of carbonyl (C=O) groups is 1. The first-order chi connectivity index (χ1) is 11.1. The highest BCUT2D eigenvalue weighted by molar-refractivity contribution is 9.10. The van der Waals surface area contributed by atoms with Crippen LogP contribution in [-0.4, -0.2) is 43.9 Å². The molecule has 0 saturated heterocycles. The van der Waals surface area contributed by atoms with Gasteiger partial charge >= 0.3 is 5.97 Å². The summed E-state index contributed by atoms with van der Waals surface area (Å²) in [6, 6.07) is 7.85. The van der Waals surface area contributed by atoms with E-state index in [1.807, 2.05) is 33.7 Å². The molecule has 23 heavy (non-hydrogen) atoms. The summed E-state index contributed by atoms with van der Waals surface area (Å²) in [7, 11) is 0. The van der Waals surface area contributed by atoms with Gasteiger partial charge in [0.25, 0.3) is 0 Å². The maximum Gasteiger partial charge on any atom is 0.317 e. The van der Waals surface area contributed by atoms with Crippen molar-refractivity contribution in [3.05, 3.63) is 46.0 Å². The van der Waals surface area contributed by atoms with Crippen molar-refractivity contribution in [2.45, 2.75) is 26.2 Å². The van der Waals surface area contributed by atoms with Crippen molar-refractivity contribution in [1.29, 1.82) is 0 Å². The minimum atomic E-state index is -0.860. The van der Waals surface area contributed by atoms with E-state index < -0.39 is 5.97 Å². The highest BCUT2D eigenvalue weighted by Crippen LogP contribution is 2.16. The number of rotatable bonds is 6. The average Bonchev–Trinajstić information content (AvgIpc) is 2.90. The van der Waals surface area contributed by atoms with E-state index in [1.54, 1.807) is 0 Å². The largest absolute Gasteiger partial charge is 0.480 e. The lowest BCUT2D eigenvalue weighted by atomic mass is 10.2. The van der Waals surface area contributed by atoms with Gasteiger partial charge in [0.1, 0.15) is 12.4 Å². The van der Waals surface area contributed by atoms with Gasteiger partial charge in [-0.1, -0.05) is 28.1 Å². The van der Waals surface area contributed by atoms with Crippen LogP contribution in [0, 0.1) is 0 Å². The fourth-order valence-electron chi connectivity index (χ4n) is 2.63. The van der Waals surface area contributed by atoms with Crippen LogP contribution in [0.15, 0.2) is 28.7 Å². The summed E-state index contributed by atoms with van der Waals surface area (Å²) in [5, 5.41) is 17.5. The molecule has 2 heterocycles. The second-order valence-electron chi connectivity index (χ2n) is 5.41. The number of aliphatic carboxylic acids is 1. The summed E-state index contributed by atoms with van der Waals surface area (Å²) >= 11 is 3.44. The predicted molar refractivity (Wildman–Crippen MR) is 85.6 cm³/mol. The Kier molecular flexibility index (Phi) is 5.04. The van der Waals surface area contributed by atoms with E-state index in [2.05, 4.69) is 26.1 Å². The molecule has 0 amide bonds. The normalized spacial score (nSPS) is 14.0. The van der Waals surface area contributed by atoms with Crippen molar-refractivity contribution in [2.75, 3.05) is 13.2 Å². The zero-order chi connectivity index (χ0) is 16.2. The Labute approximate surface area is 142 Å². The Hall–Kier alpha value is -1.77. The Balaban J connectivity index is 1.76. The molecular formula is C15H17BrN4O3. The molecular weight excluding hydrogens is 364 g/mol. The van der Waals surface area contributed by atoms with Crippen molar-refractivity contribution in [3.63, 3.8) is 0 Å². The van der Waals surface area contributed by atoms with Crippen LogP contribution < -0.4 is 0 Å². The molecule has 1 aliphatic heterocycles. The topological polar surface area (TPSA) is 80.5 Å². The van der Waals surface area contributed by atoms with Gasteiger partial charge in [0.15, 0.2) is 5.82 Å². The Bertz CT molecular complexity index is 704. The molecule has 0 bridgehead atoms. The highest BCUT2D eigenvalue weighted by atomic mass is 79.9. The maximum atomic E-state index is 11.2. The van der Waals surface area contributed by atoms with Crippen LogP contribution in [0.4, 0.5) is 0 Å². The lowest BCUT2D eigenvalue weighted by Crippen LogP contribution is -2.31. The molecule has 0 spiro atoms.